The van der Waals surface area contributed by atoms with Gasteiger partial charge in [-0.25, -0.2) is 0 Å². The van der Waals surface area contributed by atoms with Crippen LogP contribution in [0.5, 0.6) is 0 Å². The van der Waals surface area contributed by atoms with Gasteiger partial charge in [0, 0.05) is 26.7 Å². The largest absolute Gasteiger partial charge is 0.351 e. The minimum Gasteiger partial charge on any atom is -0.351 e. The number of rotatable bonds is 10. The fourth-order valence-corrected chi connectivity index (χ4v) is 3.16. The summed E-state index contributed by atoms with van der Waals surface area (Å²) in [4.78, 5) is 0. The second kappa shape index (κ2) is 9.56. The molecule has 0 aliphatic rings. The minimum atomic E-state index is -0.244. The summed E-state index contributed by atoms with van der Waals surface area (Å²) in [6.45, 7) is 10.3. The number of halogens is 1. The third kappa shape index (κ3) is 5.06. The van der Waals surface area contributed by atoms with Crippen LogP contribution in [-0.4, -0.2) is 41.9 Å². The molecule has 1 atom stereocenters. The third-order valence-corrected chi connectivity index (χ3v) is 4.29. The van der Waals surface area contributed by atoms with E-state index in [1.54, 1.807) is 0 Å². The number of hydrogen-bond acceptors (Lipinski definition) is 4. The van der Waals surface area contributed by atoms with Crippen LogP contribution in [0, 0.1) is 0 Å². The zero-order valence-corrected chi connectivity index (χ0v) is 15.4. The predicted octanol–water partition coefficient (Wildman–Crippen LogP) is 2.66. The molecule has 1 N–H and O–H groups in total. The summed E-state index contributed by atoms with van der Waals surface area (Å²) in [5, 5.41) is 8.02. The van der Waals surface area contributed by atoms with E-state index < -0.39 is 0 Å². The standard InChI is InChI=1S/C15H28BrN3O2/c1-6-11-14(16)13(19(5)18-11)10-12(17-7-2)15(20-8-3)21-9-4/h12,15,17H,6-10H2,1-5H3. The number of hydrogen-bond donors (Lipinski definition) is 1. The quantitative estimate of drug-likeness (QED) is 0.650. The average Bonchev–Trinajstić information content (AvgIpc) is 2.73. The highest BCUT2D eigenvalue weighted by atomic mass is 79.9. The van der Waals surface area contributed by atoms with E-state index >= 15 is 0 Å². The summed E-state index contributed by atoms with van der Waals surface area (Å²) in [6.07, 6.45) is 1.48. The molecule has 0 fully saturated rings. The highest BCUT2D eigenvalue weighted by molar-refractivity contribution is 9.10. The molecule has 21 heavy (non-hydrogen) atoms. The van der Waals surface area contributed by atoms with Crippen molar-refractivity contribution in [3.8, 4) is 0 Å². The minimum absolute atomic E-state index is 0.103. The van der Waals surface area contributed by atoms with Gasteiger partial charge in [0.1, 0.15) is 0 Å². The molecule has 122 valence electrons. The molecule has 0 aromatic carbocycles. The van der Waals surface area contributed by atoms with Crippen LogP contribution < -0.4 is 5.32 Å². The number of nitrogens with one attached hydrogen (secondary N) is 1. The molecule has 0 radical (unpaired) electrons. The number of nitrogens with zero attached hydrogens (tertiary/aromatic N) is 2. The highest BCUT2D eigenvalue weighted by Gasteiger charge is 2.25. The third-order valence-electron chi connectivity index (χ3n) is 3.37. The smallest absolute Gasteiger partial charge is 0.173 e. The maximum atomic E-state index is 5.75. The lowest BCUT2D eigenvalue weighted by Gasteiger charge is -2.27. The second-order valence-corrected chi connectivity index (χ2v) is 5.62. The van der Waals surface area contributed by atoms with Gasteiger partial charge in [-0.3, -0.25) is 4.68 Å². The van der Waals surface area contributed by atoms with Gasteiger partial charge in [-0.15, -0.1) is 0 Å². The van der Waals surface area contributed by atoms with Crippen LogP contribution in [0.3, 0.4) is 0 Å². The lowest BCUT2D eigenvalue weighted by molar-refractivity contribution is -0.153. The first kappa shape index (κ1) is 18.6. The number of likely N-dealkylation sites (N-methyl/N-ethyl adjacent to an activating group) is 1. The molecule has 1 aromatic rings. The Bertz CT molecular complexity index is 417. The topological polar surface area (TPSA) is 48.3 Å². The van der Waals surface area contributed by atoms with Crippen molar-refractivity contribution < 1.29 is 9.47 Å². The summed E-state index contributed by atoms with van der Waals surface area (Å²) in [5.74, 6) is 0. The molecule has 1 unspecified atom stereocenters. The van der Waals surface area contributed by atoms with E-state index in [1.165, 1.54) is 5.69 Å². The van der Waals surface area contributed by atoms with Gasteiger partial charge < -0.3 is 14.8 Å². The Morgan fingerprint density at radius 2 is 1.81 bits per heavy atom. The molecule has 0 saturated carbocycles. The Kier molecular flexibility index (Phi) is 8.48. The van der Waals surface area contributed by atoms with Crippen molar-refractivity contribution in [3.63, 3.8) is 0 Å². The Balaban J connectivity index is 2.93. The summed E-state index contributed by atoms with van der Waals surface area (Å²) >= 11 is 3.68. The lowest BCUT2D eigenvalue weighted by Crippen LogP contribution is -2.45. The van der Waals surface area contributed by atoms with E-state index in [9.17, 15) is 0 Å². The van der Waals surface area contributed by atoms with Gasteiger partial charge in [-0.2, -0.15) is 5.10 Å². The molecule has 5 nitrogen and oxygen atoms in total. The normalized spacial score (nSPS) is 13.1. The zero-order valence-electron chi connectivity index (χ0n) is 13.8. The molecule has 1 rings (SSSR count). The molecular formula is C15H28BrN3O2. The van der Waals surface area contributed by atoms with Crippen LogP contribution in [-0.2, 0) is 29.4 Å². The molecule has 6 heteroatoms. The Labute approximate surface area is 136 Å². The molecule has 0 bridgehead atoms. The van der Waals surface area contributed by atoms with Crippen LogP contribution in [0.1, 0.15) is 39.1 Å². The SMILES string of the molecule is CCNC(Cc1c(Br)c(CC)nn1C)C(OCC)OCC. The highest BCUT2D eigenvalue weighted by Crippen LogP contribution is 2.23. The summed E-state index contributed by atoms with van der Waals surface area (Å²) in [7, 11) is 1.98. The van der Waals surface area contributed by atoms with E-state index in [0.717, 1.165) is 29.6 Å². The van der Waals surface area contributed by atoms with Gasteiger partial charge in [0.05, 0.1) is 21.9 Å². The van der Waals surface area contributed by atoms with E-state index in [4.69, 9.17) is 9.47 Å². The lowest BCUT2D eigenvalue weighted by atomic mass is 10.1. The summed E-state index contributed by atoms with van der Waals surface area (Å²) in [6, 6.07) is 0.103. The van der Waals surface area contributed by atoms with Crippen LogP contribution in [0.2, 0.25) is 0 Å². The van der Waals surface area contributed by atoms with Gasteiger partial charge in [0.2, 0.25) is 0 Å². The molecule has 0 spiro atoms. The van der Waals surface area contributed by atoms with Crippen LogP contribution in [0.25, 0.3) is 0 Å². The monoisotopic (exact) mass is 361 g/mol. The molecular weight excluding hydrogens is 334 g/mol. The van der Waals surface area contributed by atoms with Crippen molar-refractivity contribution in [2.75, 3.05) is 19.8 Å². The fourth-order valence-electron chi connectivity index (χ4n) is 2.39. The van der Waals surface area contributed by atoms with Crippen molar-refractivity contribution in [3.05, 3.63) is 15.9 Å². The van der Waals surface area contributed by atoms with Crippen molar-refractivity contribution in [2.24, 2.45) is 7.05 Å². The Hall–Kier alpha value is -0.430. The maximum absolute atomic E-state index is 5.75. The van der Waals surface area contributed by atoms with E-state index in [1.807, 2.05) is 25.6 Å². The first-order chi connectivity index (χ1) is 10.1. The molecule has 0 saturated heterocycles. The van der Waals surface area contributed by atoms with Crippen molar-refractivity contribution in [1.29, 1.82) is 0 Å². The van der Waals surface area contributed by atoms with Crippen LogP contribution in [0.15, 0.2) is 4.47 Å². The number of aryl methyl sites for hydroxylation is 2. The molecule has 0 aliphatic heterocycles. The van der Waals surface area contributed by atoms with Gasteiger partial charge in [-0.1, -0.05) is 13.8 Å². The first-order valence-corrected chi connectivity index (χ1v) is 8.54. The summed E-state index contributed by atoms with van der Waals surface area (Å²) < 4.78 is 14.6. The van der Waals surface area contributed by atoms with Crippen LogP contribution in [0.4, 0.5) is 0 Å². The van der Waals surface area contributed by atoms with Gasteiger partial charge in [0.15, 0.2) is 6.29 Å². The summed E-state index contributed by atoms with van der Waals surface area (Å²) in [5.41, 5.74) is 2.26. The van der Waals surface area contributed by atoms with E-state index in [2.05, 4.69) is 40.2 Å². The number of ether oxygens (including phenoxy) is 2. The predicted molar refractivity (Wildman–Crippen MR) is 88.5 cm³/mol. The molecule has 0 aliphatic carbocycles. The molecule has 1 heterocycles. The van der Waals surface area contributed by atoms with E-state index in [0.29, 0.717) is 13.2 Å². The molecule has 0 amide bonds. The van der Waals surface area contributed by atoms with E-state index in [-0.39, 0.29) is 12.3 Å². The van der Waals surface area contributed by atoms with Crippen molar-refractivity contribution in [1.82, 2.24) is 15.1 Å². The average molecular weight is 362 g/mol. The fraction of sp³-hybridized carbons (Fsp3) is 0.800. The Morgan fingerprint density at radius 3 is 2.24 bits per heavy atom. The van der Waals surface area contributed by atoms with Crippen molar-refractivity contribution in [2.45, 2.75) is 52.9 Å². The zero-order chi connectivity index (χ0) is 15.8. The van der Waals surface area contributed by atoms with Gasteiger partial charge in [-0.05, 0) is 42.7 Å². The van der Waals surface area contributed by atoms with Gasteiger partial charge >= 0.3 is 0 Å². The first-order valence-electron chi connectivity index (χ1n) is 7.75. The maximum Gasteiger partial charge on any atom is 0.173 e. The Morgan fingerprint density at radius 1 is 1.19 bits per heavy atom. The second-order valence-electron chi connectivity index (χ2n) is 4.83. The van der Waals surface area contributed by atoms with Crippen LogP contribution >= 0.6 is 15.9 Å². The van der Waals surface area contributed by atoms with Gasteiger partial charge in [0.25, 0.3) is 0 Å². The molecule has 1 aromatic heterocycles. The number of aromatic nitrogens is 2. The van der Waals surface area contributed by atoms with Crippen molar-refractivity contribution >= 4 is 15.9 Å².